The highest BCUT2D eigenvalue weighted by atomic mass is 13.9. The Labute approximate surface area is 82.7 Å². The number of rotatable bonds is 0. The zero-order valence-corrected chi connectivity index (χ0v) is 8.67. The molecule has 0 aromatic rings. The average Bonchev–Trinajstić information content (AvgIpc) is 2.18. The highest BCUT2D eigenvalue weighted by Gasteiger charge is 1.88. The molecule has 0 spiro atoms. The summed E-state index contributed by atoms with van der Waals surface area (Å²) in [5.74, 6) is 0. The first kappa shape index (κ1) is 10.6. The molecule has 0 atom stereocenters. The van der Waals surface area contributed by atoms with E-state index in [2.05, 4.69) is 24.3 Å². The van der Waals surface area contributed by atoms with E-state index in [0.29, 0.717) is 0 Å². The summed E-state index contributed by atoms with van der Waals surface area (Å²) in [6.07, 6.45) is 21.5. The van der Waals surface area contributed by atoms with E-state index in [0.717, 1.165) is 0 Å². The van der Waals surface area contributed by atoms with Crippen molar-refractivity contribution < 1.29 is 0 Å². The lowest BCUT2D eigenvalue weighted by molar-refractivity contribution is 0.695. The zero-order valence-electron chi connectivity index (χ0n) is 8.67. The fraction of sp³-hybridized carbons (Fsp3) is 0.692. The van der Waals surface area contributed by atoms with E-state index < -0.39 is 0 Å². The first-order valence-electron chi connectivity index (χ1n) is 5.80. The Morgan fingerprint density at radius 3 is 1.08 bits per heavy atom. The second-order valence-corrected chi connectivity index (χ2v) is 3.87. The summed E-state index contributed by atoms with van der Waals surface area (Å²) in [6.45, 7) is 0. The maximum Gasteiger partial charge on any atom is -0.0351 e. The van der Waals surface area contributed by atoms with Gasteiger partial charge in [0.15, 0.2) is 0 Å². The predicted octanol–water partition coefficient (Wildman–Crippen LogP) is 4.62. The van der Waals surface area contributed by atoms with Crippen LogP contribution in [0.1, 0.15) is 57.8 Å². The molecular formula is C13H22. The van der Waals surface area contributed by atoms with Crippen LogP contribution in [-0.2, 0) is 0 Å². The number of hydrogen-bond donors (Lipinski definition) is 0. The minimum Gasteiger partial charge on any atom is -0.0885 e. The van der Waals surface area contributed by atoms with Crippen LogP contribution >= 0.6 is 0 Å². The Morgan fingerprint density at radius 1 is 0.385 bits per heavy atom. The van der Waals surface area contributed by atoms with E-state index in [1.165, 1.54) is 57.8 Å². The Kier molecular flexibility index (Phi) is 6.58. The summed E-state index contributed by atoms with van der Waals surface area (Å²) < 4.78 is 0. The van der Waals surface area contributed by atoms with Crippen molar-refractivity contribution in [2.24, 2.45) is 0 Å². The lowest BCUT2D eigenvalue weighted by Crippen LogP contribution is -1.74. The van der Waals surface area contributed by atoms with Crippen LogP contribution in [0.4, 0.5) is 0 Å². The summed E-state index contributed by atoms with van der Waals surface area (Å²) >= 11 is 0. The number of allylic oxidation sites excluding steroid dienone is 4. The molecule has 0 amide bonds. The molecule has 74 valence electrons. The van der Waals surface area contributed by atoms with E-state index >= 15 is 0 Å². The van der Waals surface area contributed by atoms with Crippen LogP contribution in [0.5, 0.6) is 0 Å². The van der Waals surface area contributed by atoms with Gasteiger partial charge in [0.2, 0.25) is 0 Å². The smallest absolute Gasteiger partial charge is 0.0351 e. The molecule has 0 bridgehead atoms. The van der Waals surface area contributed by atoms with Crippen molar-refractivity contribution >= 4 is 0 Å². The van der Waals surface area contributed by atoms with Gasteiger partial charge in [-0.15, -0.1) is 0 Å². The lowest BCUT2D eigenvalue weighted by Gasteiger charge is -1.94. The summed E-state index contributed by atoms with van der Waals surface area (Å²) in [5.41, 5.74) is 0. The van der Waals surface area contributed by atoms with Gasteiger partial charge in [-0.1, -0.05) is 30.7 Å². The Hall–Kier alpha value is -0.520. The van der Waals surface area contributed by atoms with Crippen molar-refractivity contribution in [3.63, 3.8) is 0 Å². The quantitative estimate of drug-likeness (QED) is 0.475. The van der Waals surface area contributed by atoms with E-state index in [9.17, 15) is 0 Å². The Balaban J connectivity index is 2.18. The molecule has 1 aliphatic rings. The molecule has 0 heteroatoms. The van der Waals surface area contributed by atoms with Crippen LogP contribution in [-0.4, -0.2) is 0 Å². The molecule has 0 nitrogen and oxygen atoms in total. The summed E-state index contributed by atoms with van der Waals surface area (Å²) in [4.78, 5) is 0. The van der Waals surface area contributed by atoms with E-state index in [4.69, 9.17) is 0 Å². The maximum atomic E-state index is 2.37. The van der Waals surface area contributed by atoms with Crippen molar-refractivity contribution in [1.82, 2.24) is 0 Å². The number of hydrogen-bond acceptors (Lipinski definition) is 0. The fourth-order valence-corrected chi connectivity index (χ4v) is 1.70. The van der Waals surface area contributed by atoms with Crippen molar-refractivity contribution in [2.45, 2.75) is 57.8 Å². The normalized spacial score (nSPS) is 26.5. The van der Waals surface area contributed by atoms with Crippen molar-refractivity contribution in [3.05, 3.63) is 24.3 Å². The molecule has 0 heterocycles. The van der Waals surface area contributed by atoms with Crippen LogP contribution in [0.3, 0.4) is 0 Å². The summed E-state index contributed by atoms with van der Waals surface area (Å²) in [7, 11) is 0. The molecule has 0 aromatic heterocycles. The van der Waals surface area contributed by atoms with Gasteiger partial charge in [-0.05, 0) is 51.4 Å². The average molecular weight is 178 g/mol. The second-order valence-electron chi connectivity index (χ2n) is 3.87. The molecule has 1 rings (SSSR count). The van der Waals surface area contributed by atoms with Gasteiger partial charge in [0, 0.05) is 0 Å². The zero-order chi connectivity index (χ0) is 9.19. The molecular weight excluding hydrogens is 156 g/mol. The van der Waals surface area contributed by atoms with Gasteiger partial charge in [-0.2, -0.15) is 0 Å². The van der Waals surface area contributed by atoms with Gasteiger partial charge in [-0.3, -0.25) is 0 Å². The third-order valence-electron chi connectivity index (χ3n) is 2.57. The van der Waals surface area contributed by atoms with Gasteiger partial charge in [-0.25, -0.2) is 0 Å². The third kappa shape index (κ3) is 6.62. The lowest BCUT2D eigenvalue weighted by atomic mass is 10.1. The molecule has 0 radical (unpaired) electrons. The maximum absolute atomic E-state index is 2.37. The predicted molar refractivity (Wildman–Crippen MR) is 59.8 cm³/mol. The van der Waals surface area contributed by atoms with Crippen LogP contribution < -0.4 is 0 Å². The van der Waals surface area contributed by atoms with E-state index in [1.807, 2.05) is 0 Å². The summed E-state index contributed by atoms with van der Waals surface area (Å²) in [6, 6.07) is 0. The molecule has 0 aromatic carbocycles. The van der Waals surface area contributed by atoms with Crippen molar-refractivity contribution in [1.29, 1.82) is 0 Å². The minimum atomic E-state index is 1.29. The van der Waals surface area contributed by atoms with Gasteiger partial charge >= 0.3 is 0 Å². The molecule has 0 fully saturated rings. The molecule has 0 saturated heterocycles. The molecule has 13 heavy (non-hydrogen) atoms. The van der Waals surface area contributed by atoms with Crippen molar-refractivity contribution in [2.75, 3.05) is 0 Å². The fourth-order valence-electron chi connectivity index (χ4n) is 1.70. The minimum absolute atomic E-state index is 1.29. The van der Waals surface area contributed by atoms with Crippen molar-refractivity contribution in [3.8, 4) is 0 Å². The van der Waals surface area contributed by atoms with E-state index in [-0.39, 0.29) is 0 Å². The SMILES string of the molecule is C1=C/CCCCC/C=C/CCCC/1. The van der Waals surface area contributed by atoms with Gasteiger partial charge in [0.25, 0.3) is 0 Å². The monoisotopic (exact) mass is 178 g/mol. The largest absolute Gasteiger partial charge is 0.0885 e. The topological polar surface area (TPSA) is 0 Å². The van der Waals surface area contributed by atoms with Gasteiger partial charge in [0.1, 0.15) is 0 Å². The first-order valence-corrected chi connectivity index (χ1v) is 5.80. The highest BCUT2D eigenvalue weighted by Crippen LogP contribution is 2.08. The van der Waals surface area contributed by atoms with Crippen LogP contribution in [0.15, 0.2) is 24.3 Å². The standard InChI is InChI=1S/C13H22/c1-2-4-6-8-10-12-13-11-9-7-5-3-1/h1-2,11,13H,3-10,12H2/b2-1+,13-11+. The molecule has 0 unspecified atom stereocenters. The third-order valence-corrected chi connectivity index (χ3v) is 2.57. The molecule has 1 aliphatic carbocycles. The van der Waals surface area contributed by atoms with Gasteiger partial charge in [0.05, 0.1) is 0 Å². The van der Waals surface area contributed by atoms with Crippen LogP contribution in [0, 0.1) is 0 Å². The molecule has 0 N–H and O–H groups in total. The van der Waals surface area contributed by atoms with Crippen LogP contribution in [0.25, 0.3) is 0 Å². The van der Waals surface area contributed by atoms with E-state index in [1.54, 1.807) is 0 Å². The molecule has 0 saturated carbocycles. The Bertz CT molecular complexity index is 135. The first-order chi connectivity index (χ1) is 6.50. The molecule has 0 aliphatic heterocycles. The van der Waals surface area contributed by atoms with Crippen LogP contribution in [0.2, 0.25) is 0 Å². The highest BCUT2D eigenvalue weighted by molar-refractivity contribution is 4.85. The summed E-state index contributed by atoms with van der Waals surface area (Å²) in [5, 5.41) is 0. The van der Waals surface area contributed by atoms with Gasteiger partial charge < -0.3 is 0 Å². The second kappa shape index (κ2) is 8.10. The Morgan fingerprint density at radius 2 is 0.692 bits per heavy atom.